The number of rotatable bonds is 0. The molecule has 25 heavy (non-hydrogen) atoms. The average Bonchev–Trinajstić information content (AvgIpc) is 2.80. The summed E-state index contributed by atoms with van der Waals surface area (Å²) in [6, 6.07) is 4.14. The molecule has 6 heteroatoms. The molecule has 0 fully saturated rings. The van der Waals surface area contributed by atoms with Gasteiger partial charge in [0.05, 0.1) is 23.6 Å². The van der Waals surface area contributed by atoms with Gasteiger partial charge in [0, 0.05) is 31.3 Å². The topological polar surface area (TPSA) is 60.2 Å². The van der Waals surface area contributed by atoms with Gasteiger partial charge in [0.15, 0.2) is 0 Å². The van der Waals surface area contributed by atoms with Crippen molar-refractivity contribution in [1.82, 2.24) is 19.7 Å². The molecule has 0 spiro atoms. The van der Waals surface area contributed by atoms with E-state index in [0.717, 1.165) is 48.5 Å². The molecule has 0 unspecified atom stereocenters. The first-order chi connectivity index (χ1) is 11.9. The third-order valence-electron chi connectivity index (χ3n) is 4.68. The van der Waals surface area contributed by atoms with E-state index in [-0.39, 0.29) is 6.09 Å². The summed E-state index contributed by atoms with van der Waals surface area (Å²) in [6.45, 7) is 7.76. The van der Waals surface area contributed by atoms with Gasteiger partial charge in [0.2, 0.25) is 0 Å². The van der Waals surface area contributed by atoms with Crippen molar-refractivity contribution in [2.24, 2.45) is 0 Å². The van der Waals surface area contributed by atoms with E-state index in [1.165, 1.54) is 5.56 Å². The Balaban J connectivity index is 1.71. The molecule has 0 saturated carbocycles. The molecule has 1 amide bonds. The zero-order valence-corrected chi connectivity index (χ0v) is 15.1. The number of amides is 1. The number of hydrogen-bond acceptors (Lipinski definition) is 4. The third kappa shape index (κ3) is 3.01. The van der Waals surface area contributed by atoms with Gasteiger partial charge >= 0.3 is 6.09 Å². The van der Waals surface area contributed by atoms with Crippen LogP contribution in [0.2, 0.25) is 0 Å². The predicted molar refractivity (Wildman–Crippen MR) is 94.1 cm³/mol. The van der Waals surface area contributed by atoms with Gasteiger partial charge in [-0.2, -0.15) is 5.10 Å². The van der Waals surface area contributed by atoms with E-state index in [1.807, 2.05) is 33.0 Å². The zero-order valence-electron chi connectivity index (χ0n) is 15.1. The summed E-state index contributed by atoms with van der Waals surface area (Å²) in [4.78, 5) is 18.9. The maximum absolute atomic E-state index is 12.5. The fraction of sp³-hybridized carbons (Fsp3) is 0.526. The zero-order chi connectivity index (χ0) is 17.6. The molecule has 4 rings (SSSR count). The number of hydrogen-bond donors (Lipinski definition) is 0. The highest BCUT2D eigenvalue weighted by molar-refractivity contribution is 5.71. The van der Waals surface area contributed by atoms with Gasteiger partial charge < -0.3 is 9.64 Å². The number of carbonyl (C=O) groups is 1. The van der Waals surface area contributed by atoms with Crippen molar-refractivity contribution in [3.05, 3.63) is 35.2 Å². The molecule has 2 aromatic heterocycles. The highest BCUT2D eigenvalue weighted by atomic mass is 16.6. The van der Waals surface area contributed by atoms with E-state index < -0.39 is 5.60 Å². The van der Waals surface area contributed by atoms with Crippen molar-refractivity contribution < 1.29 is 9.53 Å². The largest absolute Gasteiger partial charge is 0.444 e. The van der Waals surface area contributed by atoms with Crippen LogP contribution in [-0.2, 0) is 30.7 Å². The van der Waals surface area contributed by atoms with Crippen LogP contribution < -0.4 is 0 Å². The molecule has 132 valence electrons. The van der Waals surface area contributed by atoms with Gasteiger partial charge in [-0.25, -0.2) is 4.79 Å². The van der Waals surface area contributed by atoms with Crippen molar-refractivity contribution in [3.8, 4) is 11.4 Å². The number of pyridine rings is 1. The predicted octanol–water partition coefficient (Wildman–Crippen LogP) is 3.18. The lowest BCUT2D eigenvalue weighted by Gasteiger charge is -2.30. The van der Waals surface area contributed by atoms with Crippen LogP contribution in [0, 0.1) is 0 Å². The normalized spacial score (nSPS) is 16.5. The minimum Gasteiger partial charge on any atom is -0.444 e. The highest BCUT2D eigenvalue weighted by Crippen LogP contribution is 2.34. The molecule has 0 aromatic carbocycles. The monoisotopic (exact) mass is 340 g/mol. The van der Waals surface area contributed by atoms with Crippen LogP contribution in [-0.4, -0.2) is 37.9 Å². The molecule has 0 atom stereocenters. The lowest BCUT2D eigenvalue weighted by Crippen LogP contribution is -2.39. The molecular weight excluding hydrogens is 316 g/mol. The third-order valence-corrected chi connectivity index (χ3v) is 4.68. The van der Waals surface area contributed by atoms with E-state index in [0.29, 0.717) is 13.1 Å². The maximum Gasteiger partial charge on any atom is 0.410 e. The molecule has 0 saturated heterocycles. The lowest BCUT2D eigenvalue weighted by atomic mass is 10.0. The number of ether oxygens (including phenoxy) is 1. The first-order valence-electron chi connectivity index (χ1n) is 8.93. The smallest absolute Gasteiger partial charge is 0.410 e. The second-order valence-electron chi connectivity index (χ2n) is 7.76. The number of carbonyl (C=O) groups excluding carboxylic acids is 1. The summed E-state index contributed by atoms with van der Waals surface area (Å²) in [6.07, 6.45) is 4.41. The molecule has 2 aliphatic rings. The van der Waals surface area contributed by atoms with Gasteiger partial charge in [-0.3, -0.25) is 9.67 Å². The van der Waals surface area contributed by atoms with E-state index in [2.05, 4.69) is 15.7 Å². The molecule has 6 nitrogen and oxygen atoms in total. The van der Waals surface area contributed by atoms with E-state index in [4.69, 9.17) is 9.84 Å². The Kier molecular flexibility index (Phi) is 3.78. The van der Waals surface area contributed by atoms with Crippen LogP contribution in [0.3, 0.4) is 0 Å². The van der Waals surface area contributed by atoms with Crippen molar-refractivity contribution in [3.63, 3.8) is 0 Å². The van der Waals surface area contributed by atoms with Crippen molar-refractivity contribution in [2.45, 2.75) is 58.7 Å². The van der Waals surface area contributed by atoms with Crippen LogP contribution in [0.15, 0.2) is 18.3 Å². The van der Waals surface area contributed by atoms with Gasteiger partial charge in [-0.15, -0.1) is 0 Å². The summed E-state index contributed by atoms with van der Waals surface area (Å²) >= 11 is 0. The SMILES string of the molecule is CC(C)(C)OC(=O)N1CCc2nn3c(c2C1)-c1ncccc1CCC3. The Morgan fingerprint density at radius 2 is 2.08 bits per heavy atom. The second-order valence-corrected chi connectivity index (χ2v) is 7.76. The van der Waals surface area contributed by atoms with Crippen molar-refractivity contribution >= 4 is 6.09 Å². The molecule has 0 radical (unpaired) electrons. The van der Waals surface area contributed by atoms with Crippen LogP contribution in [0.5, 0.6) is 0 Å². The lowest BCUT2D eigenvalue weighted by molar-refractivity contribution is 0.0224. The molecular formula is C19H24N4O2. The Hall–Kier alpha value is -2.37. The summed E-state index contributed by atoms with van der Waals surface area (Å²) in [7, 11) is 0. The fourth-order valence-corrected chi connectivity index (χ4v) is 3.61. The number of aryl methyl sites for hydroxylation is 2. The average molecular weight is 340 g/mol. The molecule has 2 aromatic rings. The van der Waals surface area contributed by atoms with Crippen LogP contribution in [0.25, 0.3) is 11.4 Å². The molecule has 0 bridgehead atoms. The first-order valence-corrected chi connectivity index (χ1v) is 8.93. The van der Waals surface area contributed by atoms with Gasteiger partial charge in [-0.1, -0.05) is 6.07 Å². The minimum atomic E-state index is -0.485. The van der Waals surface area contributed by atoms with Gasteiger partial charge in [0.25, 0.3) is 0 Å². The Labute approximate surface area is 147 Å². The molecule has 0 N–H and O–H groups in total. The first kappa shape index (κ1) is 16.1. The summed E-state index contributed by atoms with van der Waals surface area (Å²) in [5.41, 5.74) is 5.09. The van der Waals surface area contributed by atoms with Crippen molar-refractivity contribution in [1.29, 1.82) is 0 Å². The van der Waals surface area contributed by atoms with Crippen molar-refractivity contribution in [2.75, 3.05) is 6.54 Å². The number of aromatic nitrogens is 3. The minimum absolute atomic E-state index is 0.257. The van der Waals surface area contributed by atoms with Crippen LogP contribution in [0.1, 0.15) is 44.0 Å². The molecule has 2 aliphatic heterocycles. The Bertz CT molecular complexity index is 819. The maximum atomic E-state index is 12.5. The van der Waals surface area contributed by atoms with E-state index in [1.54, 1.807) is 4.90 Å². The fourth-order valence-electron chi connectivity index (χ4n) is 3.61. The van der Waals surface area contributed by atoms with E-state index >= 15 is 0 Å². The quantitative estimate of drug-likeness (QED) is 0.739. The van der Waals surface area contributed by atoms with Gasteiger partial charge in [0.1, 0.15) is 5.60 Å². The summed E-state index contributed by atoms with van der Waals surface area (Å²) in [5, 5.41) is 4.82. The van der Waals surface area contributed by atoms with E-state index in [9.17, 15) is 4.79 Å². The van der Waals surface area contributed by atoms with Gasteiger partial charge in [-0.05, 0) is 45.2 Å². The molecule has 0 aliphatic carbocycles. The summed E-state index contributed by atoms with van der Waals surface area (Å²) < 4.78 is 7.64. The summed E-state index contributed by atoms with van der Waals surface area (Å²) in [5.74, 6) is 0. The second kappa shape index (κ2) is 5.86. The van der Waals surface area contributed by atoms with Crippen LogP contribution in [0.4, 0.5) is 4.79 Å². The highest BCUT2D eigenvalue weighted by Gasteiger charge is 2.32. The Morgan fingerprint density at radius 3 is 2.88 bits per heavy atom. The molecule has 4 heterocycles. The standard InChI is InChI=1S/C19H24N4O2/c1-19(2,3)25-18(24)22-11-8-15-14(12-22)17-16-13(6-4-9-20-16)7-5-10-23(17)21-15/h4,6,9H,5,7-8,10-12H2,1-3H3. The number of fused-ring (bicyclic) bond motifs is 5. The number of nitrogens with zero attached hydrogens (tertiary/aromatic N) is 4. The Morgan fingerprint density at radius 1 is 1.24 bits per heavy atom. The van der Waals surface area contributed by atoms with Crippen LogP contribution >= 0.6 is 0 Å².